The largest absolute Gasteiger partial charge is 0.480 e. The van der Waals surface area contributed by atoms with E-state index >= 15 is 0 Å². The highest BCUT2D eigenvalue weighted by molar-refractivity contribution is 6.03. The molecule has 0 radical (unpaired) electrons. The predicted molar refractivity (Wildman–Crippen MR) is 82.3 cm³/mol. The molecule has 0 aliphatic carbocycles. The van der Waals surface area contributed by atoms with Gasteiger partial charge in [0, 0.05) is 0 Å². The van der Waals surface area contributed by atoms with Gasteiger partial charge < -0.3 is 19.7 Å². The number of hydrogen-bond acceptors (Lipinski definition) is 6. The molecule has 0 aromatic heterocycles. The molecule has 0 saturated carbocycles. The Hall–Kier alpha value is -2.41. The van der Waals surface area contributed by atoms with E-state index in [2.05, 4.69) is 0 Å². The van der Waals surface area contributed by atoms with Crippen molar-refractivity contribution in [2.24, 2.45) is 0 Å². The van der Waals surface area contributed by atoms with E-state index in [4.69, 9.17) is 24.5 Å². The molecule has 1 aromatic rings. The minimum atomic E-state index is -1.19. The van der Waals surface area contributed by atoms with Crippen LogP contribution < -0.4 is 0 Å². The molecule has 128 valence electrons. The predicted octanol–water partition coefficient (Wildman–Crippen LogP) is 1.88. The average Bonchev–Trinajstić information content (AvgIpc) is 2.55. The quantitative estimate of drug-likeness (QED) is 0.581. The zero-order chi connectivity index (χ0) is 17.7. The minimum Gasteiger partial charge on any atom is -0.480 e. The van der Waals surface area contributed by atoms with Crippen molar-refractivity contribution in [1.82, 2.24) is 0 Å². The van der Waals surface area contributed by atoms with Crippen LogP contribution >= 0.6 is 0 Å². The lowest BCUT2D eigenvalue weighted by Crippen LogP contribution is -2.14. The molecule has 0 aliphatic heterocycles. The summed E-state index contributed by atoms with van der Waals surface area (Å²) in [5.41, 5.74) is 0.507. The Balaban J connectivity index is 0.000000841. The lowest BCUT2D eigenvalue weighted by atomic mass is 10.1. The van der Waals surface area contributed by atoms with Gasteiger partial charge in [-0.1, -0.05) is 25.5 Å². The molecule has 7 heteroatoms. The van der Waals surface area contributed by atoms with Gasteiger partial charge in [-0.2, -0.15) is 0 Å². The second kappa shape index (κ2) is 12.2. The maximum Gasteiger partial charge on any atom is 0.339 e. The molecule has 0 bridgehead atoms. The summed E-state index contributed by atoms with van der Waals surface area (Å²) < 4.78 is 9.99. The number of esters is 2. The summed E-state index contributed by atoms with van der Waals surface area (Å²) in [6.45, 7) is 3.60. The molecule has 0 atom stereocenters. The normalized spacial score (nSPS) is 9.35. The Kier molecular flexibility index (Phi) is 10.9. The first-order valence-corrected chi connectivity index (χ1v) is 7.23. The molecule has 0 spiro atoms. The Morgan fingerprint density at radius 2 is 1.48 bits per heavy atom. The van der Waals surface area contributed by atoms with E-state index in [0.717, 1.165) is 12.8 Å². The van der Waals surface area contributed by atoms with E-state index in [-0.39, 0.29) is 17.7 Å². The number of ether oxygens (including phenoxy) is 2. The number of carbonyl (C=O) groups is 3. The maximum absolute atomic E-state index is 11.8. The molecule has 0 fully saturated rings. The van der Waals surface area contributed by atoms with Gasteiger partial charge in [-0.25, -0.2) is 14.4 Å². The second-order valence-electron chi connectivity index (χ2n) is 4.31. The van der Waals surface area contributed by atoms with E-state index in [9.17, 15) is 9.59 Å². The number of carboxylic acids is 1. The smallest absolute Gasteiger partial charge is 0.339 e. The number of unbranched alkanes of at least 4 members (excludes halogenated alkanes) is 1. The molecule has 0 unspecified atom stereocenters. The fourth-order valence-electron chi connectivity index (χ4n) is 1.43. The van der Waals surface area contributed by atoms with Crippen LogP contribution in [-0.2, 0) is 14.3 Å². The minimum absolute atomic E-state index is 0.251. The molecular formula is C16H22O7. The summed E-state index contributed by atoms with van der Waals surface area (Å²) in [6.07, 6.45) is 1.76. The highest BCUT2D eigenvalue weighted by Gasteiger charge is 2.18. The molecule has 1 aromatic carbocycles. The summed E-state index contributed by atoms with van der Waals surface area (Å²) >= 11 is 0. The number of aliphatic carboxylic acids is 1. The molecule has 23 heavy (non-hydrogen) atoms. The molecule has 0 saturated heterocycles. The fourth-order valence-corrected chi connectivity index (χ4v) is 1.43. The van der Waals surface area contributed by atoms with E-state index in [1.807, 2.05) is 6.92 Å². The average molecular weight is 326 g/mol. The standard InChI is InChI=1S/C14H18O4.C2H4O3/c1-3-5-10-18-14(16)12-9-7-6-8-11(12)13(15)17-4-2;3-1-2(4)5/h6-9H,3-5,10H2,1-2H3;3H,1H2,(H,4,5). The van der Waals surface area contributed by atoms with Crippen LogP contribution in [-0.4, -0.2) is 47.9 Å². The van der Waals surface area contributed by atoms with Gasteiger partial charge in [0.2, 0.25) is 0 Å². The Morgan fingerprint density at radius 1 is 1.00 bits per heavy atom. The lowest BCUT2D eigenvalue weighted by molar-refractivity contribution is -0.140. The third-order valence-corrected chi connectivity index (χ3v) is 2.51. The number of benzene rings is 1. The van der Waals surface area contributed by atoms with Crippen LogP contribution in [0.2, 0.25) is 0 Å². The Labute approximate surface area is 134 Å². The number of carboxylic acid groups (broad SMARTS) is 1. The van der Waals surface area contributed by atoms with Gasteiger partial charge in [-0.3, -0.25) is 0 Å². The zero-order valence-electron chi connectivity index (χ0n) is 13.3. The van der Waals surface area contributed by atoms with Crippen LogP contribution in [0.25, 0.3) is 0 Å². The topological polar surface area (TPSA) is 110 Å². The van der Waals surface area contributed by atoms with E-state index in [1.54, 1.807) is 31.2 Å². The third kappa shape index (κ3) is 8.57. The number of rotatable bonds is 7. The van der Waals surface area contributed by atoms with Crippen LogP contribution in [0.15, 0.2) is 24.3 Å². The van der Waals surface area contributed by atoms with Gasteiger partial charge in [0.05, 0.1) is 24.3 Å². The summed E-state index contributed by atoms with van der Waals surface area (Å²) in [5.74, 6) is -2.17. The van der Waals surface area contributed by atoms with Crippen LogP contribution in [0.1, 0.15) is 47.4 Å². The van der Waals surface area contributed by atoms with E-state index in [1.165, 1.54) is 0 Å². The van der Waals surface area contributed by atoms with Gasteiger partial charge in [0.15, 0.2) is 0 Å². The number of aliphatic hydroxyl groups excluding tert-OH is 1. The van der Waals surface area contributed by atoms with Crippen LogP contribution in [0, 0.1) is 0 Å². The molecule has 0 amide bonds. The number of carbonyl (C=O) groups excluding carboxylic acids is 2. The lowest BCUT2D eigenvalue weighted by Gasteiger charge is -2.08. The van der Waals surface area contributed by atoms with Crippen molar-refractivity contribution in [3.05, 3.63) is 35.4 Å². The molecule has 1 rings (SSSR count). The first kappa shape index (κ1) is 20.6. The van der Waals surface area contributed by atoms with Crippen molar-refractivity contribution < 1.29 is 34.1 Å². The highest BCUT2D eigenvalue weighted by Crippen LogP contribution is 2.12. The van der Waals surface area contributed by atoms with Crippen LogP contribution in [0.3, 0.4) is 0 Å². The van der Waals surface area contributed by atoms with E-state index < -0.39 is 24.5 Å². The Morgan fingerprint density at radius 3 is 1.87 bits per heavy atom. The van der Waals surface area contributed by atoms with Crippen molar-refractivity contribution in [2.75, 3.05) is 19.8 Å². The number of aliphatic hydroxyl groups is 1. The molecule has 7 nitrogen and oxygen atoms in total. The summed E-state index contributed by atoms with van der Waals surface area (Å²) in [5, 5.41) is 15.0. The molecule has 0 aliphatic rings. The Bertz CT molecular complexity index is 511. The molecule has 2 N–H and O–H groups in total. The van der Waals surface area contributed by atoms with Crippen molar-refractivity contribution >= 4 is 17.9 Å². The summed E-state index contributed by atoms with van der Waals surface area (Å²) in [6, 6.07) is 6.52. The van der Waals surface area contributed by atoms with Gasteiger partial charge in [0.25, 0.3) is 0 Å². The van der Waals surface area contributed by atoms with Crippen LogP contribution in [0.5, 0.6) is 0 Å². The van der Waals surface area contributed by atoms with Crippen LogP contribution in [0.4, 0.5) is 0 Å². The summed E-state index contributed by atoms with van der Waals surface area (Å²) in [4.78, 5) is 32.6. The first-order valence-electron chi connectivity index (χ1n) is 7.23. The second-order valence-corrected chi connectivity index (χ2v) is 4.31. The van der Waals surface area contributed by atoms with Crippen molar-refractivity contribution in [3.63, 3.8) is 0 Å². The van der Waals surface area contributed by atoms with Gasteiger partial charge in [-0.05, 0) is 25.5 Å². The van der Waals surface area contributed by atoms with Gasteiger partial charge >= 0.3 is 17.9 Å². The maximum atomic E-state index is 11.8. The highest BCUT2D eigenvalue weighted by atomic mass is 16.5. The monoisotopic (exact) mass is 326 g/mol. The fraction of sp³-hybridized carbons (Fsp3) is 0.438. The van der Waals surface area contributed by atoms with E-state index in [0.29, 0.717) is 6.61 Å². The number of hydrogen-bond donors (Lipinski definition) is 2. The van der Waals surface area contributed by atoms with Crippen molar-refractivity contribution in [1.29, 1.82) is 0 Å². The van der Waals surface area contributed by atoms with Crippen molar-refractivity contribution in [3.8, 4) is 0 Å². The van der Waals surface area contributed by atoms with Gasteiger partial charge in [-0.15, -0.1) is 0 Å². The van der Waals surface area contributed by atoms with Crippen molar-refractivity contribution in [2.45, 2.75) is 26.7 Å². The third-order valence-electron chi connectivity index (χ3n) is 2.51. The zero-order valence-corrected chi connectivity index (χ0v) is 13.3. The summed E-state index contributed by atoms with van der Waals surface area (Å²) in [7, 11) is 0. The molecule has 0 heterocycles. The SMILES string of the molecule is CCCCOC(=O)c1ccccc1C(=O)OCC.O=C(O)CO. The first-order chi connectivity index (χ1) is 11.0. The molecular weight excluding hydrogens is 304 g/mol. The van der Waals surface area contributed by atoms with Gasteiger partial charge in [0.1, 0.15) is 6.61 Å².